The Labute approximate surface area is 161 Å². The minimum atomic E-state index is -3.60. The van der Waals surface area contributed by atoms with Crippen LogP contribution in [0.2, 0.25) is 0 Å². The number of nitrogens with zero attached hydrogens (tertiary/aromatic N) is 3. The molecule has 1 N–H and O–H groups in total. The molecule has 1 aromatic heterocycles. The molecule has 0 saturated heterocycles. The van der Waals surface area contributed by atoms with Crippen LogP contribution in [0.25, 0.3) is 0 Å². The SMILES string of the molecule is CCOC(=O)c1nnsc1NC(=O)c1ccc(S(=O)(=O)N(CC)CC)cc1. The van der Waals surface area contributed by atoms with E-state index in [1.165, 1.54) is 28.6 Å². The molecule has 146 valence electrons. The topological polar surface area (TPSA) is 119 Å². The van der Waals surface area contributed by atoms with Crippen molar-refractivity contribution >= 4 is 38.4 Å². The maximum absolute atomic E-state index is 12.5. The fourth-order valence-corrected chi connectivity index (χ4v) is 4.28. The number of esters is 1. The zero-order valence-corrected chi connectivity index (χ0v) is 16.8. The third kappa shape index (κ3) is 4.67. The summed E-state index contributed by atoms with van der Waals surface area (Å²) in [7, 11) is -3.60. The van der Waals surface area contributed by atoms with Gasteiger partial charge in [-0.2, -0.15) is 4.31 Å². The Hall–Kier alpha value is -2.37. The van der Waals surface area contributed by atoms with Gasteiger partial charge in [0.2, 0.25) is 15.7 Å². The number of hydrogen-bond donors (Lipinski definition) is 1. The molecule has 0 atom stereocenters. The molecule has 0 unspecified atom stereocenters. The molecule has 0 radical (unpaired) electrons. The Morgan fingerprint density at radius 3 is 2.33 bits per heavy atom. The highest BCUT2D eigenvalue weighted by Gasteiger charge is 2.23. The predicted molar refractivity (Wildman–Crippen MR) is 100 cm³/mol. The fourth-order valence-electron chi connectivity index (χ4n) is 2.27. The number of ether oxygens (including phenoxy) is 1. The van der Waals surface area contributed by atoms with Crippen LogP contribution in [0.5, 0.6) is 0 Å². The van der Waals surface area contributed by atoms with Gasteiger partial charge < -0.3 is 10.1 Å². The third-order valence-electron chi connectivity index (χ3n) is 3.64. The molecule has 9 nitrogen and oxygen atoms in total. The molecule has 0 aliphatic heterocycles. The van der Waals surface area contributed by atoms with Crippen molar-refractivity contribution in [1.82, 2.24) is 13.9 Å². The molecule has 0 aliphatic rings. The number of hydrogen-bond acceptors (Lipinski definition) is 8. The summed E-state index contributed by atoms with van der Waals surface area (Å²) in [4.78, 5) is 24.3. The second-order valence-corrected chi connectivity index (χ2v) is 7.93. The van der Waals surface area contributed by atoms with Crippen LogP contribution in [-0.2, 0) is 14.8 Å². The van der Waals surface area contributed by atoms with Crippen LogP contribution >= 0.6 is 11.5 Å². The number of sulfonamides is 1. The summed E-state index contributed by atoms with van der Waals surface area (Å²) in [6, 6.07) is 5.56. The molecular weight excluding hydrogens is 392 g/mol. The van der Waals surface area contributed by atoms with Gasteiger partial charge in [0.15, 0.2) is 5.00 Å². The van der Waals surface area contributed by atoms with Crippen LogP contribution in [-0.4, -0.2) is 53.9 Å². The summed E-state index contributed by atoms with van der Waals surface area (Å²) in [6.45, 7) is 6.06. The molecule has 2 aromatic rings. The number of carbonyl (C=O) groups excluding carboxylic acids is 2. The first-order chi connectivity index (χ1) is 12.8. The minimum Gasteiger partial charge on any atom is -0.461 e. The highest BCUT2D eigenvalue weighted by Crippen LogP contribution is 2.21. The average Bonchev–Trinajstić information content (AvgIpc) is 3.11. The van der Waals surface area contributed by atoms with Crippen LogP contribution < -0.4 is 5.32 Å². The quantitative estimate of drug-likeness (QED) is 0.659. The molecule has 1 heterocycles. The van der Waals surface area contributed by atoms with E-state index < -0.39 is 21.9 Å². The number of rotatable bonds is 8. The summed E-state index contributed by atoms with van der Waals surface area (Å²) < 4.78 is 34.8. The van der Waals surface area contributed by atoms with Crippen molar-refractivity contribution in [1.29, 1.82) is 0 Å². The van der Waals surface area contributed by atoms with Crippen molar-refractivity contribution in [2.24, 2.45) is 0 Å². The largest absolute Gasteiger partial charge is 0.461 e. The molecule has 27 heavy (non-hydrogen) atoms. The second kappa shape index (κ2) is 9.02. The van der Waals surface area contributed by atoms with Crippen molar-refractivity contribution in [3.63, 3.8) is 0 Å². The minimum absolute atomic E-state index is 0.0732. The first-order valence-corrected chi connectivity index (χ1v) is 10.5. The van der Waals surface area contributed by atoms with Gasteiger partial charge in [0, 0.05) is 30.2 Å². The fraction of sp³-hybridized carbons (Fsp3) is 0.375. The normalized spacial score (nSPS) is 11.4. The third-order valence-corrected chi connectivity index (χ3v) is 6.35. The van der Waals surface area contributed by atoms with E-state index in [4.69, 9.17) is 4.74 Å². The van der Waals surface area contributed by atoms with Gasteiger partial charge >= 0.3 is 5.97 Å². The van der Waals surface area contributed by atoms with Gasteiger partial charge in [-0.1, -0.05) is 18.3 Å². The average molecular weight is 412 g/mol. The van der Waals surface area contributed by atoms with Gasteiger partial charge in [-0.3, -0.25) is 4.79 Å². The molecule has 0 saturated carbocycles. The van der Waals surface area contributed by atoms with Crippen molar-refractivity contribution in [3.05, 3.63) is 35.5 Å². The molecule has 0 aliphatic carbocycles. The lowest BCUT2D eigenvalue weighted by Crippen LogP contribution is -2.30. The van der Waals surface area contributed by atoms with Crippen molar-refractivity contribution < 1.29 is 22.7 Å². The van der Waals surface area contributed by atoms with Crippen LogP contribution in [0, 0.1) is 0 Å². The number of nitrogens with one attached hydrogen (secondary N) is 1. The Morgan fingerprint density at radius 2 is 1.78 bits per heavy atom. The van der Waals surface area contributed by atoms with Crippen molar-refractivity contribution in [2.45, 2.75) is 25.7 Å². The first kappa shape index (κ1) is 20.9. The summed E-state index contributed by atoms with van der Waals surface area (Å²) in [5.74, 6) is -1.19. The summed E-state index contributed by atoms with van der Waals surface area (Å²) in [6.07, 6.45) is 0. The van der Waals surface area contributed by atoms with E-state index >= 15 is 0 Å². The zero-order chi connectivity index (χ0) is 20.0. The first-order valence-electron chi connectivity index (χ1n) is 8.26. The van der Waals surface area contributed by atoms with Gasteiger partial charge in [0.05, 0.1) is 11.5 Å². The van der Waals surface area contributed by atoms with Gasteiger partial charge in [-0.15, -0.1) is 5.10 Å². The van der Waals surface area contributed by atoms with E-state index in [-0.39, 0.29) is 27.8 Å². The Bertz CT molecular complexity index is 905. The van der Waals surface area contributed by atoms with E-state index in [0.29, 0.717) is 13.1 Å². The molecule has 1 amide bonds. The number of benzene rings is 1. The Morgan fingerprint density at radius 1 is 1.15 bits per heavy atom. The van der Waals surface area contributed by atoms with Crippen LogP contribution in [0.4, 0.5) is 5.00 Å². The number of carbonyl (C=O) groups is 2. The van der Waals surface area contributed by atoms with E-state index in [1.54, 1.807) is 20.8 Å². The van der Waals surface area contributed by atoms with Gasteiger partial charge in [0.25, 0.3) is 5.91 Å². The van der Waals surface area contributed by atoms with E-state index in [9.17, 15) is 18.0 Å². The monoisotopic (exact) mass is 412 g/mol. The van der Waals surface area contributed by atoms with Crippen molar-refractivity contribution in [3.8, 4) is 0 Å². The maximum Gasteiger partial charge on any atom is 0.362 e. The van der Waals surface area contributed by atoms with Crippen LogP contribution in [0.1, 0.15) is 41.6 Å². The maximum atomic E-state index is 12.5. The van der Waals surface area contributed by atoms with Crippen LogP contribution in [0.3, 0.4) is 0 Å². The molecule has 0 spiro atoms. The zero-order valence-electron chi connectivity index (χ0n) is 15.1. The molecular formula is C16H20N4O5S2. The smallest absolute Gasteiger partial charge is 0.362 e. The van der Waals surface area contributed by atoms with E-state index in [1.807, 2.05) is 0 Å². The number of anilines is 1. The molecule has 1 aromatic carbocycles. The van der Waals surface area contributed by atoms with Gasteiger partial charge in [-0.05, 0) is 31.2 Å². The van der Waals surface area contributed by atoms with Gasteiger partial charge in [0.1, 0.15) is 0 Å². The molecule has 2 rings (SSSR count). The molecule has 0 fully saturated rings. The number of amides is 1. The lowest BCUT2D eigenvalue weighted by Gasteiger charge is -2.18. The standard InChI is InChI=1S/C16H20N4O5S2/c1-4-20(5-2)27(23,24)12-9-7-11(8-10-12)14(21)17-15-13(18-19-26-15)16(22)25-6-3/h7-10H,4-6H2,1-3H3,(H,17,21). The van der Waals surface area contributed by atoms with E-state index in [0.717, 1.165) is 11.5 Å². The van der Waals surface area contributed by atoms with Crippen LogP contribution in [0.15, 0.2) is 29.2 Å². The second-order valence-electron chi connectivity index (χ2n) is 5.24. The number of aromatic nitrogens is 2. The highest BCUT2D eigenvalue weighted by atomic mass is 32.2. The highest BCUT2D eigenvalue weighted by molar-refractivity contribution is 7.89. The lowest BCUT2D eigenvalue weighted by molar-refractivity contribution is 0.0520. The summed E-state index contributed by atoms with van der Waals surface area (Å²) in [5.41, 5.74) is 0.160. The summed E-state index contributed by atoms with van der Waals surface area (Å²) >= 11 is 0.848. The predicted octanol–water partition coefficient (Wildman–Crippen LogP) is 2.00. The van der Waals surface area contributed by atoms with Crippen molar-refractivity contribution in [2.75, 3.05) is 25.0 Å². The van der Waals surface area contributed by atoms with Gasteiger partial charge in [-0.25, -0.2) is 13.2 Å². The lowest BCUT2D eigenvalue weighted by atomic mass is 10.2. The Kier molecular flexibility index (Phi) is 6.99. The Balaban J connectivity index is 2.18. The summed E-state index contributed by atoms with van der Waals surface area (Å²) in [5, 5.41) is 6.37. The van der Waals surface area contributed by atoms with E-state index in [2.05, 4.69) is 14.9 Å². The molecule has 11 heteroatoms. The molecule has 0 bridgehead atoms.